The molecule has 0 spiro atoms. The van der Waals surface area contributed by atoms with Gasteiger partial charge in [0.15, 0.2) is 18.1 Å². The SMILES string of the molecule is COc1cc(CNC(C)c2ccc3c(c2)CCO3)ccc1OCCN1C(=O)COC1=O. The summed E-state index contributed by atoms with van der Waals surface area (Å²) in [6.07, 6.45) is 0.328. The third-order valence-corrected chi connectivity index (χ3v) is 5.47. The van der Waals surface area contributed by atoms with E-state index >= 15 is 0 Å². The fourth-order valence-corrected chi connectivity index (χ4v) is 3.65. The third-order valence-electron chi connectivity index (χ3n) is 5.47. The predicted octanol–water partition coefficient (Wildman–Crippen LogP) is 2.84. The first-order valence-electron chi connectivity index (χ1n) is 10.3. The molecule has 31 heavy (non-hydrogen) atoms. The van der Waals surface area contributed by atoms with Gasteiger partial charge in [-0.25, -0.2) is 9.69 Å². The Balaban J connectivity index is 1.32. The Kier molecular flexibility index (Phi) is 6.27. The first-order chi connectivity index (χ1) is 15.0. The quantitative estimate of drug-likeness (QED) is 0.660. The number of fused-ring (bicyclic) bond motifs is 1. The summed E-state index contributed by atoms with van der Waals surface area (Å²) < 4.78 is 21.4. The van der Waals surface area contributed by atoms with Crippen LogP contribution in [0, 0.1) is 0 Å². The zero-order valence-corrected chi connectivity index (χ0v) is 17.7. The number of hydrogen-bond donors (Lipinski definition) is 1. The van der Waals surface area contributed by atoms with Crippen molar-refractivity contribution in [2.45, 2.75) is 25.9 Å². The van der Waals surface area contributed by atoms with E-state index in [1.54, 1.807) is 7.11 Å². The highest BCUT2D eigenvalue weighted by atomic mass is 16.6. The van der Waals surface area contributed by atoms with Crippen LogP contribution in [0.2, 0.25) is 0 Å². The lowest BCUT2D eigenvalue weighted by molar-refractivity contribution is -0.126. The number of rotatable bonds is 9. The second-order valence-corrected chi connectivity index (χ2v) is 7.50. The van der Waals surface area contributed by atoms with Gasteiger partial charge in [-0.2, -0.15) is 0 Å². The largest absolute Gasteiger partial charge is 0.493 e. The first-order valence-corrected chi connectivity index (χ1v) is 10.3. The molecule has 0 radical (unpaired) electrons. The van der Waals surface area contributed by atoms with Crippen molar-refractivity contribution in [3.8, 4) is 17.2 Å². The minimum Gasteiger partial charge on any atom is -0.493 e. The molecule has 1 N–H and O–H groups in total. The number of hydrogen-bond acceptors (Lipinski definition) is 7. The van der Waals surface area contributed by atoms with Gasteiger partial charge in [-0.05, 0) is 41.8 Å². The van der Waals surface area contributed by atoms with Crippen LogP contribution in [0.5, 0.6) is 17.2 Å². The normalized spacial score (nSPS) is 16.0. The average Bonchev–Trinajstić information content (AvgIpc) is 3.38. The fraction of sp³-hybridized carbons (Fsp3) is 0.391. The molecule has 8 heteroatoms. The van der Waals surface area contributed by atoms with Gasteiger partial charge < -0.3 is 24.3 Å². The number of ether oxygens (including phenoxy) is 4. The minimum absolute atomic E-state index is 0.132. The van der Waals surface area contributed by atoms with E-state index < -0.39 is 6.09 Å². The molecule has 2 amide bonds. The van der Waals surface area contributed by atoms with Gasteiger partial charge in [0.25, 0.3) is 5.91 Å². The predicted molar refractivity (Wildman–Crippen MR) is 112 cm³/mol. The van der Waals surface area contributed by atoms with Crippen LogP contribution in [-0.4, -0.2) is 50.4 Å². The molecular formula is C23H26N2O6. The van der Waals surface area contributed by atoms with Crippen LogP contribution < -0.4 is 19.5 Å². The molecule has 4 rings (SSSR count). The first kappa shape index (κ1) is 21.0. The highest BCUT2D eigenvalue weighted by Gasteiger charge is 2.30. The maximum Gasteiger partial charge on any atom is 0.417 e. The molecule has 2 heterocycles. The average molecular weight is 426 g/mol. The third kappa shape index (κ3) is 4.74. The van der Waals surface area contributed by atoms with Gasteiger partial charge in [0.05, 0.1) is 20.3 Å². The second-order valence-electron chi connectivity index (χ2n) is 7.50. The number of imide groups is 1. The van der Waals surface area contributed by atoms with Crippen LogP contribution in [0.4, 0.5) is 4.79 Å². The number of cyclic esters (lactones) is 1. The standard InChI is InChI=1S/C23H26N2O6/c1-15(17-4-6-19-18(12-17)7-9-29-19)24-13-16-3-5-20(21(11-16)28-2)30-10-8-25-22(26)14-31-23(25)27/h3-6,11-12,15,24H,7-10,13-14H2,1-2H3. The summed E-state index contributed by atoms with van der Waals surface area (Å²) in [6, 6.07) is 12.2. The molecule has 0 aromatic heterocycles. The zero-order valence-electron chi connectivity index (χ0n) is 17.7. The number of nitrogens with one attached hydrogen (secondary N) is 1. The Hall–Kier alpha value is -3.26. The van der Waals surface area contributed by atoms with Gasteiger partial charge in [-0.1, -0.05) is 18.2 Å². The molecule has 1 fully saturated rings. The van der Waals surface area contributed by atoms with Crippen molar-refractivity contribution < 1.29 is 28.5 Å². The summed E-state index contributed by atoms with van der Waals surface area (Å²) in [7, 11) is 1.58. The van der Waals surface area contributed by atoms with Crippen molar-refractivity contribution in [1.82, 2.24) is 10.2 Å². The number of amides is 2. The van der Waals surface area contributed by atoms with Gasteiger partial charge in [0, 0.05) is 19.0 Å². The van der Waals surface area contributed by atoms with Crippen molar-refractivity contribution in [2.75, 3.05) is 33.5 Å². The Morgan fingerprint density at radius 1 is 1.13 bits per heavy atom. The maximum atomic E-state index is 11.6. The van der Waals surface area contributed by atoms with E-state index in [2.05, 4.69) is 29.1 Å². The Labute approximate surface area is 181 Å². The Bertz CT molecular complexity index is 961. The van der Waals surface area contributed by atoms with Crippen LogP contribution in [0.1, 0.15) is 29.7 Å². The molecule has 0 saturated carbocycles. The molecule has 164 valence electrons. The van der Waals surface area contributed by atoms with Crippen molar-refractivity contribution in [3.05, 3.63) is 53.1 Å². The Morgan fingerprint density at radius 2 is 2.00 bits per heavy atom. The van der Waals surface area contributed by atoms with E-state index in [-0.39, 0.29) is 31.7 Å². The summed E-state index contributed by atoms with van der Waals surface area (Å²) >= 11 is 0. The van der Waals surface area contributed by atoms with Gasteiger partial charge in [0.2, 0.25) is 0 Å². The van der Waals surface area contributed by atoms with Crippen LogP contribution in [-0.2, 0) is 22.5 Å². The van der Waals surface area contributed by atoms with Crippen molar-refractivity contribution in [1.29, 1.82) is 0 Å². The molecule has 2 aliphatic heterocycles. The number of carbonyl (C=O) groups excluding carboxylic acids is 2. The molecule has 2 aromatic carbocycles. The highest BCUT2D eigenvalue weighted by Crippen LogP contribution is 2.30. The van der Waals surface area contributed by atoms with Crippen LogP contribution in [0.25, 0.3) is 0 Å². The van der Waals surface area contributed by atoms with Gasteiger partial charge in [-0.15, -0.1) is 0 Å². The lowest BCUT2D eigenvalue weighted by Gasteiger charge is -2.17. The lowest BCUT2D eigenvalue weighted by Crippen LogP contribution is -2.33. The topological polar surface area (TPSA) is 86.3 Å². The number of benzene rings is 2. The van der Waals surface area contributed by atoms with Crippen molar-refractivity contribution in [2.24, 2.45) is 0 Å². The zero-order chi connectivity index (χ0) is 21.8. The van der Waals surface area contributed by atoms with Gasteiger partial charge >= 0.3 is 6.09 Å². The highest BCUT2D eigenvalue weighted by molar-refractivity contribution is 5.97. The Morgan fingerprint density at radius 3 is 2.77 bits per heavy atom. The van der Waals surface area contributed by atoms with Crippen LogP contribution in [0.3, 0.4) is 0 Å². The van der Waals surface area contributed by atoms with E-state index in [1.807, 2.05) is 24.3 Å². The van der Waals surface area contributed by atoms with Crippen molar-refractivity contribution >= 4 is 12.0 Å². The molecule has 2 aromatic rings. The maximum absolute atomic E-state index is 11.6. The molecule has 0 bridgehead atoms. The molecule has 0 aliphatic carbocycles. The van der Waals surface area contributed by atoms with E-state index in [1.165, 1.54) is 11.1 Å². The monoisotopic (exact) mass is 426 g/mol. The van der Waals surface area contributed by atoms with E-state index in [9.17, 15) is 9.59 Å². The van der Waals surface area contributed by atoms with E-state index in [0.717, 1.165) is 29.2 Å². The summed E-state index contributed by atoms with van der Waals surface area (Å²) in [5.74, 6) is 1.78. The smallest absolute Gasteiger partial charge is 0.417 e. The molecule has 1 atom stereocenters. The summed E-state index contributed by atoms with van der Waals surface area (Å²) in [5, 5.41) is 3.53. The summed E-state index contributed by atoms with van der Waals surface area (Å²) in [6.45, 7) is 3.65. The second kappa shape index (κ2) is 9.26. The number of nitrogens with zero attached hydrogens (tertiary/aromatic N) is 1. The van der Waals surface area contributed by atoms with E-state index in [4.69, 9.17) is 14.2 Å². The van der Waals surface area contributed by atoms with Crippen LogP contribution in [0.15, 0.2) is 36.4 Å². The van der Waals surface area contributed by atoms with Crippen LogP contribution >= 0.6 is 0 Å². The summed E-state index contributed by atoms with van der Waals surface area (Å²) in [5.41, 5.74) is 3.54. The molecule has 1 saturated heterocycles. The minimum atomic E-state index is -0.632. The molecule has 8 nitrogen and oxygen atoms in total. The molecular weight excluding hydrogens is 400 g/mol. The lowest BCUT2D eigenvalue weighted by atomic mass is 10.0. The number of methoxy groups -OCH3 is 1. The summed E-state index contributed by atoms with van der Waals surface area (Å²) in [4.78, 5) is 24.1. The molecule has 1 unspecified atom stereocenters. The van der Waals surface area contributed by atoms with Gasteiger partial charge in [-0.3, -0.25) is 4.79 Å². The fourth-order valence-electron chi connectivity index (χ4n) is 3.65. The van der Waals surface area contributed by atoms with Gasteiger partial charge in [0.1, 0.15) is 12.4 Å². The number of carbonyl (C=O) groups is 2. The van der Waals surface area contributed by atoms with E-state index in [0.29, 0.717) is 18.0 Å². The van der Waals surface area contributed by atoms with Crippen molar-refractivity contribution in [3.63, 3.8) is 0 Å². The molecule has 2 aliphatic rings.